The summed E-state index contributed by atoms with van der Waals surface area (Å²) < 4.78 is 23.3. The van der Waals surface area contributed by atoms with Gasteiger partial charge < -0.3 is 5.32 Å². The number of hydrogen-bond acceptors (Lipinski definition) is 3. The van der Waals surface area contributed by atoms with Crippen LogP contribution >= 0.6 is 0 Å². The molecule has 0 aliphatic heterocycles. The van der Waals surface area contributed by atoms with Crippen LogP contribution in [0.15, 0.2) is 54.6 Å². The van der Waals surface area contributed by atoms with Gasteiger partial charge in [0.1, 0.15) is 9.84 Å². The third kappa shape index (κ3) is 5.33. The minimum Gasteiger partial charge on any atom is -0.305 e. The maximum atomic E-state index is 11.6. The van der Waals surface area contributed by atoms with E-state index in [2.05, 4.69) is 24.4 Å². The second-order valence-electron chi connectivity index (χ2n) is 5.43. The van der Waals surface area contributed by atoms with E-state index in [4.69, 9.17) is 0 Å². The van der Waals surface area contributed by atoms with Gasteiger partial charge in [-0.15, -0.1) is 0 Å². The molecule has 21 heavy (non-hydrogen) atoms. The van der Waals surface area contributed by atoms with Gasteiger partial charge in [-0.05, 0) is 18.1 Å². The Morgan fingerprint density at radius 2 is 1.76 bits per heavy atom. The van der Waals surface area contributed by atoms with Gasteiger partial charge in [-0.25, -0.2) is 8.42 Å². The molecule has 2 aromatic rings. The molecule has 1 N–H and O–H groups in total. The zero-order valence-corrected chi connectivity index (χ0v) is 13.2. The fourth-order valence-electron chi connectivity index (χ4n) is 2.32. The van der Waals surface area contributed by atoms with Crippen molar-refractivity contribution in [1.29, 1.82) is 0 Å². The maximum Gasteiger partial charge on any atom is 0.149 e. The van der Waals surface area contributed by atoms with E-state index in [0.29, 0.717) is 6.54 Å². The fourth-order valence-corrected chi connectivity index (χ4v) is 3.24. The molecule has 0 bridgehead atoms. The first-order valence-corrected chi connectivity index (χ1v) is 9.02. The summed E-state index contributed by atoms with van der Waals surface area (Å²) >= 11 is 0. The molecule has 0 amide bonds. The van der Waals surface area contributed by atoms with Gasteiger partial charge in [0, 0.05) is 18.8 Å². The van der Waals surface area contributed by atoms with Gasteiger partial charge in [-0.3, -0.25) is 0 Å². The zero-order chi connectivity index (χ0) is 15.3. The highest BCUT2D eigenvalue weighted by Crippen LogP contribution is 2.16. The van der Waals surface area contributed by atoms with Gasteiger partial charge in [0.05, 0.1) is 5.75 Å². The molecule has 112 valence electrons. The molecule has 0 aliphatic rings. The van der Waals surface area contributed by atoms with Crippen LogP contribution in [0.4, 0.5) is 0 Å². The highest BCUT2D eigenvalue weighted by Gasteiger charge is 2.16. The van der Waals surface area contributed by atoms with Crippen molar-refractivity contribution < 1.29 is 8.42 Å². The highest BCUT2D eigenvalue weighted by atomic mass is 32.2. The predicted molar refractivity (Wildman–Crippen MR) is 86.9 cm³/mol. The van der Waals surface area contributed by atoms with Crippen LogP contribution in [0, 0.1) is 6.92 Å². The highest BCUT2D eigenvalue weighted by molar-refractivity contribution is 7.90. The van der Waals surface area contributed by atoms with Crippen LogP contribution in [0.1, 0.15) is 22.7 Å². The summed E-state index contributed by atoms with van der Waals surface area (Å²) in [7, 11) is -3.05. The molecule has 0 radical (unpaired) electrons. The standard InChI is InChI=1S/C17H21NO2S/c1-14-7-6-8-15(11-14)12-18-17(13-21(2,19)20)16-9-4-3-5-10-16/h3-11,17-18H,12-13H2,1-2H3/t17-/m1/s1. The molecule has 0 aliphatic carbocycles. The number of rotatable bonds is 6. The lowest BCUT2D eigenvalue weighted by molar-refractivity contribution is 0.551. The first-order valence-electron chi connectivity index (χ1n) is 6.96. The summed E-state index contributed by atoms with van der Waals surface area (Å²) in [6, 6.07) is 17.7. The molecular formula is C17H21NO2S. The Balaban J connectivity index is 2.13. The Morgan fingerprint density at radius 3 is 2.38 bits per heavy atom. The summed E-state index contributed by atoms with van der Waals surface area (Å²) in [4.78, 5) is 0. The predicted octanol–water partition coefficient (Wildman–Crippen LogP) is 2.87. The Bertz CT molecular complexity index is 681. The number of benzene rings is 2. The summed E-state index contributed by atoms with van der Waals surface area (Å²) in [6.45, 7) is 2.70. The molecule has 0 fully saturated rings. The van der Waals surface area contributed by atoms with Crippen LogP contribution in [0.3, 0.4) is 0 Å². The smallest absolute Gasteiger partial charge is 0.149 e. The van der Waals surface area contributed by atoms with Crippen LogP contribution in [0.25, 0.3) is 0 Å². The molecular weight excluding hydrogens is 282 g/mol. The fraction of sp³-hybridized carbons (Fsp3) is 0.294. The van der Waals surface area contributed by atoms with Crippen LogP contribution in [0.5, 0.6) is 0 Å². The summed E-state index contributed by atoms with van der Waals surface area (Å²) in [5.74, 6) is 0.100. The Kier molecular flexibility index (Phi) is 5.15. The third-order valence-corrected chi connectivity index (χ3v) is 4.25. The van der Waals surface area contributed by atoms with Crippen LogP contribution < -0.4 is 5.32 Å². The largest absolute Gasteiger partial charge is 0.305 e. The van der Waals surface area contributed by atoms with Gasteiger partial charge in [-0.2, -0.15) is 0 Å². The first-order chi connectivity index (χ1) is 9.94. The molecule has 4 heteroatoms. The average Bonchev–Trinajstić information content (AvgIpc) is 2.43. The van der Waals surface area contributed by atoms with Crippen molar-refractivity contribution in [3.05, 3.63) is 71.3 Å². The van der Waals surface area contributed by atoms with Gasteiger partial charge in [0.25, 0.3) is 0 Å². The van der Waals surface area contributed by atoms with Crippen molar-refractivity contribution in [1.82, 2.24) is 5.32 Å². The molecule has 0 unspecified atom stereocenters. The molecule has 2 aromatic carbocycles. The zero-order valence-electron chi connectivity index (χ0n) is 12.4. The molecule has 2 rings (SSSR count). The molecule has 0 aromatic heterocycles. The van der Waals surface area contributed by atoms with Gasteiger partial charge in [-0.1, -0.05) is 60.2 Å². The van der Waals surface area contributed by atoms with Crippen molar-refractivity contribution >= 4 is 9.84 Å². The van der Waals surface area contributed by atoms with Crippen molar-refractivity contribution in [3.8, 4) is 0 Å². The summed E-state index contributed by atoms with van der Waals surface area (Å²) in [5, 5.41) is 3.36. The lowest BCUT2D eigenvalue weighted by Gasteiger charge is -2.18. The number of nitrogens with one attached hydrogen (secondary N) is 1. The van der Waals surface area contributed by atoms with E-state index in [1.54, 1.807) is 0 Å². The van der Waals surface area contributed by atoms with Crippen LogP contribution in [-0.4, -0.2) is 20.4 Å². The first kappa shape index (κ1) is 15.7. The quantitative estimate of drug-likeness (QED) is 0.892. The van der Waals surface area contributed by atoms with E-state index in [1.165, 1.54) is 11.8 Å². The minimum absolute atomic E-state index is 0.100. The number of hydrogen-bond donors (Lipinski definition) is 1. The van der Waals surface area contributed by atoms with Gasteiger partial charge in [0.2, 0.25) is 0 Å². The summed E-state index contributed by atoms with van der Waals surface area (Å²) in [5.41, 5.74) is 3.36. The molecule has 0 saturated carbocycles. The molecule has 3 nitrogen and oxygen atoms in total. The molecule has 1 atom stereocenters. The third-order valence-electron chi connectivity index (χ3n) is 3.31. The lowest BCUT2D eigenvalue weighted by atomic mass is 10.1. The Morgan fingerprint density at radius 1 is 1.05 bits per heavy atom. The van der Waals surface area contributed by atoms with Crippen molar-refractivity contribution in [3.63, 3.8) is 0 Å². The van der Waals surface area contributed by atoms with Crippen molar-refractivity contribution in [2.75, 3.05) is 12.0 Å². The molecule has 0 spiro atoms. The average molecular weight is 303 g/mol. The molecule has 0 heterocycles. The van der Waals surface area contributed by atoms with Gasteiger partial charge >= 0.3 is 0 Å². The van der Waals surface area contributed by atoms with Crippen molar-refractivity contribution in [2.45, 2.75) is 19.5 Å². The topological polar surface area (TPSA) is 46.2 Å². The molecule has 0 saturated heterocycles. The monoisotopic (exact) mass is 303 g/mol. The summed E-state index contributed by atoms with van der Waals surface area (Å²) in [6.07, 6.45) is 1.28. The second-order valence-corrected chi connectivity index (χ2v) is 7.61. The normalized spacial score (nSPS) is 13.0. The second kappa shape index (κ2) is 6.87. The van der Waals surface area contributed by atoms with E-state index in [1.807, 2.05) is 42.5 Å². The SMILES string of the molecule is Cc1cccc(CN[C@H](CS(C)(=O)=O)c2ccccc2)c1. The van der Waals surface area contributed by atoms with E-state index in [-0.39, 0.29) is 11.8 Å². The number of aryl methyl sites for hydroxylation is 1. The Labute approximate surface area is 126 Å². The lowest BCUT2D eigenvalue weighted by Crippen LogP contribution is -2.27. The van der Waals surface area contributed by atoms with Crippen LogP contribution in [0.2, 0.25) is 0 Å². The van der Waals surface area contributed by atoms with E-state index >= 15 is 0 Å². The van der Waals surface area contributed by atoms with E-state index in [0.717, 1.165) is 11.1 Å². The van der Waals surface area contributed by atoms with Crippen LogP contribution in [-0.2, 0) is 16.4 Å². The van der Waals surface area contributed by atoms with E-state index < -0.39 is 9.84 Å². The van der Waals surface area contributed by atoms with Crippen molar-refractivity contribution in [2.24, 2.45) is 0 Å². The van der Waals surface area contributed by atoms with Gasteiger partial charge in [0.15, 0.2) is 0 Å². The number of sulfone groups is 1. The maximum absolute atomic E-state index is 11.6. The van der Waals surface area contributed by atoms with E-state index in [9.17, 15) is 8.42 Å². The Hall–Kier alpha value is -1.65. The minimum atomic E-state index is -3.05.